The second kappa shape index (κ2) is 7.58. The van der Waals surface area contributed by atoms with Gasteiger partial charge in [0.1, 0.15) is 6.54 Å². The molecule has 0 radical (unpaired) electrons. The van der Waals surface area contributed by atoms with E-state index in [1.807, 2.05) is 0 Å². The van der Waals surface area contributed by atoms with Crippen LogP contribution in [0, 0.1) is 10.1 Å². The molecule has 0 saturated carbocycles. The van der Waals surface area contributed by atoms with Crippen molar-refractivity contribution in [3.63, 3.8) is 0 Å². The van der Waals surface area contributed by atoms with Crippen LogP contribution < -0.4 is 10.6 Å². The number of amides is 2. The molecule has 112 valence electrons. The Balaban J connectivity index is 2.43. The topological polar surface area (TPSA) is 139 Å². The van der Waals surface area contributed by atoms with E-state index in [4.69, 9.17) is 5.11 Å². The van der Waals surface area contributed by atoms with Crippen LogP contribution >= 0.6 is 0 Å². The number of carbonyl (C=O) groups is 3. The highest BCUT2D eigenvalue weighted by Crippen LogP contribution is 2.13. The van der Waals surface area contributed by atoms with Crippen LogP contribution in [-0.2, 0) is 20.8 Å². The molecule has 2 amide bonds. The molecule has 0 fully saturated rings. The van der Waals surface area contributed by atoms with Gasteiger partial charge in [0.05, 0.1) is 17.9 Å². The van der Waals surface area contributed by atoms with Crippen LogP contribution in [0.1, 0.15) is 5.56 Å². The molecule has 0 aliphatic rings. The molecule has 3 N–H and O–H groups in total. The van der Waals surface area contributed by atoms with Crippen LogP contribution in [0.15, 0.2) is 24.3 Å². The SMILES string of the molecule is O=C(O)CNC(=O)CNC(=O)Cc1cccc([N+](=O)[O-])c1. The number of nitrogens with one attached hydrogen (secondary N) is 2. The number of benzene rings is 1. The Kier molecular flexibility index (Phi) is 5.80. The number of aliphatic carboxylic acids is 1. The first-order valence-electron chi connectivity index (χ1n) is 5.87. The Labute approximate surface area is 119 Å². The number of nitrogens with zero attached hydrogens (tertiary/aromatic N) is 1. The van der Waals surface area contributed by atoms with Crippen LogP contribution in [0.5, 0.6) is 0 Å². The average Bonchev–Trinajstić information content (AvgIpc) is 2.43. The number of nitro groups is 1. The lowest BCUT2D eigenvalue weighted by Crippen LogP contribution is -2.39. The van der Waals surface area contributed by atoms with Gasteiger partial charge in [-0.15, -0.1) is 0 Å². The predicted molar refractivity (Wildman–Crippen MR) is 70.5 cm³/mol. The van der Waals surface area contributed by atoms with E-state index >= 15 is 0 Å². The highest BCUT2D eigenvalue weighted by atomic mass is 16.6. The Morgan fingerprint density at radius 1 is 1.14 bits per heavy atom. The zero-order valence-electron chi connectivity index (χ0n) is 10.9. The average molecular weight is 295 g/mol. The number of carboxylic acids is 1. The van der Waals surface area contributed by atoms with E-state index in [1.165, 1.54) is 18.2 Å². The molecule has 0 unspecified atom stereocenters. The maximum absolute atomic E-state index is 11.6. The van der Waals surface area contributed by atoms with Gasteiger partial charge in [-0.1, -0.05) is 12.1 Å². The fraction of sp³-hybridized carbons (Fsp3) is 0.250. The van der Waals surface area contributed by atoms with Crippen LogP contribution in [0.4, 0.5) is 5.69 Å². The van der Waals surface area contributed by atoms with Gasteiger partial charge in [-0.3, -0.25) is 24.5 Å². The molecule has 0 spiro atoms. The monoisotopic (exact) mass is 295 g/mol. The number of non-ortho nitro benzene ring substituents is 1. The fourth-order valence-corrected chi connectivity index (χ4v) is 1.44. The van der Waals surface area contributed by atoms with Gasteiger partial charge in [-0.25, -0.2) is 0 Å². The summed E-state index contributed by atoms with van der Waals surface area (Å²) >= 11 is 0. The summed E-state index contributed by atoms with van der Waals surface area (Å²) in [6.07, 6.45) is -0.117. The summed E-state index contributed by atoms with van der Waals surface area (Å²) in [5, 5.41) is 23.3. The van der Waals surface area contributed by atoms with Crippen LogP contribution in [0.2, 0.25) is 0 Å². The van der Waals surface area contributed by atoms with Crippen molar-refractivity contribution in [3.8, 4) is 0 Å². The van der Waals surface area contributed by atoms with Crippen LogP contribution in [0.25, 0.3) is 0 Å². The molecule has 0 aliphatic heterocycles. The summed E-state index contributed by atoms with van der Waals surface area (Å²) < 4.78 is 0. The van der Waals surface area contributed by atoms with Gasteiger partial charge in [0.2, 0.25) is 11.8 Å². The van der Waals surface area contributed by atoms with Gasteiger partial charge in [-0.05, 0) is 5.56 Å². The van der Waals surface area contributed by atoms with Crippen molar-refractivity contribution in [1.82, 2.24) is 10.6 Å². The van der Waals surface area contributed by atoms with Crippen molar-refractivity contribution in [2.45, 2.75) is 6.42 Å². The van der Waals surface area contributed by atoms with Gasteiger partial charge < -0.3 is 15.7 Å². The zero-order chi connectivity index (χ0) is 15.8. The molecule has 0 bridgehead atoms. The molecular weight excluding hydrogens is 282 g/mol. The maximum Gasteiger partial charge on any atom is 0.322 e. The van der Waals surface area contributed by atoms with Gasteiger partial charge in [0.25, 0.3) is 5.69 Å². The maximum atomic E-state index is 11.6. The Bertz CT molecular complexity index is 572. The first kappa shape index (κ1) is 16.1. The van der Waals surface area contributed by atoms with E-state index in [2.05, 4.69) is 10.6 Å². The number of hydrogen-bond acceptors (Lipinski definition) is 5. The molecule has 0 aromatic heterocycles. The molecule has 21 heavy (non-hydrogen) atoms. The van der Waals surface area contributed by atoms with Crippen molar-refractivity contribution < 1.29 is 24.4 Å². The Hall–Kier alpha value is -2.97. The van der Waals surface area contributed by atoms with E-state index in [0.717, 1.165) is 0 Å². The van der Waals surface area contributed by atoms with E-state index in [0.29, 0.717) is 5.56 Å². The van der Waals surface area contributed by atoms with E-state index in [-0.39, 0.29) is 18.7 Å². The number of carbonyl (C=O) groups excluding carboxylic acids is 2. The molecule has 0 aliphatic carbocycles. The summed E-state index contributed by atoms with van der Waals surface area (Å²) in [7, 11) is 0. The normalized spacial score (nSPS) is 9.71. The summed E-state index contributed by atoms with van der Waals surface area (Å²) in [4.78, 5) is 43.0. The molecular formula is C12H13N3O6. The molecule has 0 atom stereocenters. The van der Waals surface area contributed by atoms with E-state index in [1.54, 1.807) is 6.07 Å². The first-order valence-corrected chi connectivity index (χ1v) is 5.87. The van der Waals surface area contributed by atoms with E-state index < -0.39 is 29.3 Å². The van der Waals surface area contributed by atoms with Gasteiger partial charge >= 0.3 is 5.97 Å². The lowest BCUT2D eigenvalue weighted by Gasteiger charge is -2.05. The van der Waals surface area contributed by atoms with Crippen LogP contribution in [0.3, 0.4) is 0 Å². The third kappa shape index (κ3) is 6.14. The van der Waals surface area contributed by atoms with Gasteiger partial charge in [0.15, 0.2) is 0 Å². The zero-order valence-corrected chi connectivity index (χ0v) is 10.9. The summed E-state index contributed by atoms with van der Waals surface area (Å²) in [6, 6.07) is 5.59. The number of nitro benzene ring substituents is 1. The highest BCUT2D eigenvalue weighted by Gasteiger charge is 2.10. The largest absolute Gasteiger partial charge is 0.480 e. The summed E-state index contributed by atoms with van der Waals surface area (Å²) in [5.74, 6) is -2.32. The van der Waals surface area contributed by atoms with Crippen molar-refractivity contribution in [1.29, 1.82) is 0 Å². The van der Waals surface area contributed by atoms with Gasteiger partial charge in [0, 0.05) is 12.1 Å². The lowest BCUT2D eigenvalue weighted by molar-refractivity contribution is -0.384. The van der Waals surface area contributed by atoms with Crippen LogP contribution in [-0.4, -0.2) is 40.9 Å². The Morgan fingerprint density at radius 2 is 1.81 bits per heavy atom. The minimum Gasteiger partial charge on any atom is -0.480 e. The van der Waals surface area contributed by atoms with Crippen molar-refractivity contribution >= 4 is 23.5 Å². The smallest absolute Gasteiger partial charge is 0.322 e. The predicted octanol–water partition coefficient (Wildman–Crippen LogP) is -0.546. The van der Waals surface area contributed by atoms with Gasteiger partial charge in [-0.2, -0.15) is 0 Å². The fourth-order valence-electron chi connectivity index (χ4n) is 1.44. The second-order valence-corrected chi connectivity index (χ2v) is 4.05. The lowest BCUT2D eigenvalue weighted by atomic mass is 10.1. The number of rotatable bonds is 7. The summed E-state index contributed by atoms with van der Waals surface area (Å²) in [6.45, 7) is -0.888. The molecule has 1 rings (SSSR count). The molecule has 1 aromatic carbocycles. The number of carboxylic acid groups (broad SMARTS) is 1. The molecule has 0 saturated heterocycles. The molecule has 1 aromatic rings. The highest BCUT2D eigenvalue weighted by molar-refractivity contribution is 5.87. The molecule has 9 heteroatoms. The first-order chi connectivity index (χ1) is 9.88. The van der Waals surface area contributed by atoms with Crippen molar-refractivity contribution in [2.75, 3.05) is 13.1 Å². The third-order valence-electron chi connectivity index (χ3n) is 2.37. The molecule has 0 heterocycles. The standard InChI is InChI=1S/C12H13N3O6/c16-10(13-6-11(17)14-7-12(18)19)5-8-2-1-3-9(4-8)15(20)21/h1-4H,5-7H2,(H,13,16)(H,14,17)(H,18,19). The van der Waals surface area contributed by atoms with Crippen molar-refractivity contribution in [3.05, 3.63) is 39.9 Å². The summed E-state index contributed by atoms with van der Waals surface area (Å²) in [5.41, 5.74) is 0.312. The second-order valence-electron chi connectivity index (χ2n) is 4.05. The quantitative estimate of drug-likeness (QED) is 0.456. The van der Waals surface area contributed by atoms with Crippen molar-refractivity contribution in [2.24, 2.45) is 0 Å². The Morgan fingerprint density at radius 3 is 2.43 bits per heavy atom. The van der Waals surface area contributed by atoms with E-state index in [9.17, 15) is 24.5 Å². The molecule has 9 nitrogen and oxygen atoms in total. The number of hydrogen-bond donors (Lipinski definition) is 3. The minimum atomic E-state index is -1.19. The third-order valence-corrected chi connectivity index (χ3v) is 2.37. The minimum absolute atomic E-state index is 0.117.